The first-order valence-corrected chi connectivity index (χ1v) is 7.43. The standard InChI is InChI=1S/C16H22N2O3/c17-16(20)21-14(10-12-6-4-5-7-12)15(19)18-11-13-8-2-1-3-9-13/h1-3,8-9,12,14H,4-7,10-11H2,(H2,17,20)(H,18,19). The maximum Gasteiger partial charge on any atom is 0.405 e. The van der Waals surface area contributed by atoms with Crippen molar-refractivity contribution in [3.63, 3.8) is 0 Å². The van der Waals surface area contributed by atoms with Gasteiger partial charge >= 0.3 is 6.09 Å². The van der Waals surface area contributed by atoms with Crippen molar-refractivity contribution < 1.29 is 14.3 Å². The quantitative estimate of drug-likeness (QED) is 0.843. The van der Waals surface area contributed by atoms with Gasteiger partial charge in [-0.1, -0.05) is 56.0 Å². The molecule has 1 aliphatic rings. The Balaban J connectivity index is 1.88. The van der Waals surface area contributed by atoms with Crippen LogP contribution in [0.3, 0.4) is 0 Å². The number of rotatable bonds is 6. The van der Waals surface area contributed by atoms with Crippen LogP contribution in [-0.2, 0) is 16.1 Å². The van der Waals surface area contributed by atoms with E-state index in [0.29, 0.717) is 18.9 Å². The lowest BCUT2D eigenvalue weighted by atomic mass is 9.99. The van der Waals surface area contributed by atoms with Crippen molar-refractivity contribution in [3.8, 4) is 0 Å². The zero-order chi connectivity index (χ0) is 15.1. The van der Waals surface area contributed by atoms with E-state index < -0.39 is 12.2 Å². The predicted octanol–water partition coefficient (Wildman–Crippen LogP) is 2.35. The van der Waals surface area contributed by atoms with Gasteiger partial charge in [-0.15, -0.1) is 0 Å². The van der Waals surface area contributed by atoms with Crippen LogP contribution >= 0.6 is 0 Å². The second kappa shape index (κ2) is 7.67. The highest BCUT2D eigenvalue weighted by Crippen LogP contribution is 2.29. The zero-order valence-electron chi connectivity index (χ0n) is 12.1. The molecule has 2 amide bonds. The Labute approximate surface area is 124 Å². The fraction of sp³-hybridized carbons (Fsp3) is 0.500. The Morgan fingerprint density at radius 1 is 1.24 bits per heavy atom. The highest BCUT2D eigenvalue weighted by Gasteiger charge is 2.27. The summed E-state index contributed by atoms with van der Waals surface area (Å²) < 4.78 is 4.99. The van der Waals surface area contributed by atoms with Gasteiger partial charge in [0.2, 0.25) is 0 Å². The molecule has 3 N–H and O–H groups in total. The molecule has 2 rings (SSSR count). The van der Waals surface area contributed by atoms with Crippen LogP contribution in [0.4, 0.5) is 4.79 Å². The van der Waals surface area contributed by atoms with Gasteiger partial charge in [-0.05, 0) is 17.9 Å². The highest BCUT2D eigenvalue weighted by molar-refractivity contribution is 5.83. The lowest BCUT2D eigenvalue weighted by Crippen LogP contribution is -2.39. The molecule has 1 aromatic rings. The molecular weight excluding hydrogens is 268 g/mol. The van der Waals surface area contributed by atoms with E-state index in [0.717, 1.165) is 18.4 Å². The maximum absolute atomic E-state index is 12.2. The van der Waals surface area contributed by atoms with E-state index in [1.165, 1.54) is 12.8 Å². The van der Waals surface area contributed by atoms with Crippen LogP contribution in [0.2, 0.25) is 0 Å². The van der Waals surface area contributed by atoms with Crippen LogP contribution in [0.15, 0.2) is 30.3 Å². The summed E-state index contributed by atoms with van der Waals surface area (Å²) >= 11 is 0. The minimum atomic E-state index is -0.896. The van der Waals surface area contributed by atoms with E-state index in [1.807, 2.05) is 30.3 Å². The Morgan fingerprint density at radius 2 is 1.90 bits per heavy atom. The first-order chi connectivity index (χ1) is 10.1. The van der Waals surface area contributed by atoms with E-state index >= 15 is 0 Å². The smallest absolute Gasteiger partial charge is 0.405 e. The van der Waals surface area contributed by atoms with Gasteiger partial charge in [-0.25, -0.2) is 4.79 Å². The van der Waals surface area contributed by atoms with Crippen LogP contribution in [0.25, 0.3) is 0 Å². The predicted molar refractivity (Wildman–Crippen MR) is 79.3 cm³/mol. The third kappa shape index (κ3) is 5.10. The number of hydrogen-bond donors (Lipinski definition) is 2. The monoisotopic (exact) mass is 290 g/mol. The summed E-state index contributed by atoms with van der Waals surface area (Å²) in [6.45, 7) is 0.420. The van der Waals surface area contributed by atoms with Crippen LogP contribution < -0.4 is 11.1 Å². The van der Waals surface area contributed by atoms with Gasteiger partial charge in [-0.2, -0.15) is 0 Å². The molecule has 1 fully saturated rings. The maximum atomic E-state index is 12.2. The van der Waals surface area contributed by atoms with E-state index in [9.17, 15) is 9.59 Å². The van der Waals surface area contributed by atoms with E-state index in [2.05, 4.69) is 5.32 Å². The number of carbonyl (C=O) groups is 2. The minimum absolute atomic E-state index is 0.274. The summed E-state index contributed by atoms with van der Waals surface area (Å²) in [7, 11) is 0. The summed E-state index contributed by atoms with van der Waals surface area (Å²) in [6.07, 6.45) is 3.42. The molecule has 21 heavy (non-hydrogen) atoms. The largest absolute Gasteiger partial charge is 0.436 e. The average molecular weight is 290 g/mol. The van der Waals surface area contributed by atoms with Gasteiger partial charge in [0, 0.05) is 6.54 Å². The second-order valence-electron chi connectivity index (χ2n) is 5.52. The lowest BCUT2D eigenvalue weighted by molar-refractivity contribution is -0.130. The molecular formula is C16H22N2O3. The molecule has 114 valence electrons. The first kappa shape index (κ1) is 15.4. The van der Waals surface area contributed by atoms with Crippen LogP contribution in [-0.4, -0.2) is 18.1 Å². The second-order valence-corrected chi connectivity index (χ2v) is 5.52. The average Bonchev–Trinajstić information content (AvgIpc) is 2.98. The molecule has 0 heterocycles. The summed E-state index contributed by atoms with van der Waals surface area (Å²) in [6, 6.07) is 9.61. The Bertz CT molecular complexity index is 470. The number of amides is 2. The summed E-state index contributed by atoms with van der Waals surface area (Å²) in [5.74, 6) is 0.168. The number of primary amides is 1. The Hall–Kier alpha value is -2.04. The van der Waals surface area contributed by atoms with Gasteiger partial charge in [0.1, 0.15) is 0 Å². The van der Waals surface area contributed by atoms with E-state index in [4.69, 9.17) is 10.5 Å². The number of hydrogen-bond acceptors (Lipinski definition) is 3. The molecule has 0 spiro atoms. The van der Waals surface area contributed by atoms with E-state index in [1.54, 1.807) is 0 Å². The normalized spacial score (nSPS) is 16.4. The summed E-state index contributed by atoms with van der Waals surface area (Å²) in [4.78, 5) is 23.2. The lowest BCUT2D eigenvalue weighted by Gasteiger charge is -2.19. The van der Waals surface area contributed by atoms with Gasteiger partial charge in [0.15, 0.2) is 6.10 Å². The van der Waals surface area contributed by atoms with Crippen molar-refractivity contribution in [1.82, 2.24) is 5.32 Å². The third-order valence-corrected chi connectivity index (χ3v) is 3.88. The summed E-state index contributed by atoms with van der Waals surface area (Å²) in [5, 5.41) is 2.81. The fourth-order valence-corrected chi connectivity index (χ4v) is 2.80. The van der Waals surface area contributed by atoms with Crippen LogP contribution in [0.5, 0.6) is 0 Å². The SMILES string of the molecule is NC(=O)OC(CC1CCCC1)C(=O)NCc1ccccc1. The molecule has 5 nitrogen and oxygen atoms in total. The zero-order valence-corrected chi connectivity index (χ0v) is 12.1. The topological polar surface area (TPSA) is 81.4 Å². The molecule has 0 saturated heterocycles. The highest BCUT2D eigenvalue weighted by atomic mass is 16.6. The van der Waals surface area contributed by atoms with Gasteiger partial charge in [-0.3, -0.25) is 4.79 Å². The number of ether oxygens (including phenoxy) is 1. The van der Waals surface area contributed by atoms with Crippen molar-refractivity contribution in [2.75, 3.05) is 0 Å². The molecule has 0 aliphatic heterocycles. The van der Waals surface area contributed by atoms with Crippen LogP contribution in [0, 0.1) is 5.92 Å². The van der Waals surface area contributed by atoms with Gasteiger partial charge < -0.3 is 15.8 Å². The molecule has 1 aliphatic carbocycles. The number of benzene rings is 1. The molecule has 0 bridgehead atoms. The molecule has 0 radical (unpaired) electrons. The fourth-order valence-electron chi connectivity index (χ4n) is 2.80. The third-order valence-electron chi connectivity index (χ3n) is 3.88. The number of carbonyl (C=O) groups excluding carboxylic acids is 2. The van der Waals surface area contributed by atoms with Crippen molar-refractivity contribution in [3.05, 3.63) is 35.9 Å². The first-order valence-electron chi connectivity index (χ1n) is 7.43. The molecule has 0 aromatic heterocycles. The molecule has 1 aromatic carbocycles. The Morgan fingerprint density at radius 3 is 2.52 bits per heavy atom. The van der Waals surface area contributed by atoms with Crippen LogP contribution in [0.1, 0.15) is 37.7 Å². The summed E-state index contributed by atoms with van der Waals surface area (Å²) in [5.41, 5.74) is 6.08. The van der Waals surface area contributed by atoms with Crippen molar-refractivity contribution in [2.45, 2.75) is 44.8 Å². The molecule has 1 unspecified atom stereocenters. The van der Waals surface area contributed by atoms with E-state index in [-0.39, 0.29) is 5.91 Å². The van der Waals surface area contributed by atoms with Gasteiger partial charge in [0.25, 0.3) is 5.91 Å². The minimum Gasteiger partial charge on any atom is -0.436 e. The van der Waals surface area contributed by atoms with Crippen molar-refractivity contribution in [2.24, 2.45) is 11.7 Å². The van der Waals surface area contributed by atoms with Gasteiger partial charge in [0.05, 0.1) is 0 Å². The molecule has 1 atom stereocenters. The number of nitrogens with two attached hydrogens (primary N) is 1. The van der Waals surface area contributed by atoms with Crippen molar-refractivity contribution in [1.29, 1.82) is 0 Å². The van der Waals surface area contributed by atoms with Crippen molar-refractivity contribution >= 4 is 12.0 Å². The molecule has 1 saturated carbocycles. The Kier molecular flexibility index (Phi) is 5.60. The molecule has 5 heteroatoms. The number of nitrogens with one attached hydrogen (secondary N) is 1.